The van der Waals surface area contributed by atoms with Crippen LogP contribution in [-0.4, -0.2) is 34.5 Å². The quantitative estimate of drug-likeness (QED) is 0.839. The number of aliphatic imine (C=N–C) groups is 1. The second-order valence-corrected chi connectivity index (χ2v) is 6.96. The molecule has 0 aliphatic carbocycles. The average molecular weight is 258 g/mol. The molecule has 0 aromatic carbocycles. The van der Waals surface area contributed by atoms with Gasteiger partial charge >= 0.3 is 0 Å². The number of hydrogen-bond donors (Lipinski definition) is 1. The summed E-state index contributed by atoms with van der Waals surface area (Å²) in [4.78, 5) is 4.66. The van der Waals surface area contributed by atoms with Gasteiger partial charge in [0.15, 0.2) is 5.17 Å². The Morgan fingerprint density at radius 2 is 2.25 bits per heavy atom. The highest BCUT2D eigenvalue weighted by molar-refractivity contribution is 8.14. The van der Waals surface area contributed by atoms with Gasteiger partial charge in [-0.25, -0.2) is 0 Å². The summed E-state index contributed by atoms with van der Waals surface area (Å²) >= 11 is 4.04. The number of nitrogens with one attached hydrogen (secondary N) is 1. The molecule has 0 saturated carbocycles. The first kappa shape index (κ1) is 12.6. The van der Waals surface area contributed by atoms with Gasteiger partial charge in [0.25, 0.3) is 0 Å². The van der Waals surface area contributed by atoms with E-state index in [0.29, 0.717) is 6.04 Å². The van der Waals surface area contributed by atoms with E-state index in [-0.39, 0.29) is 0 Å². The molecule has 16 heavy (non-hydrogen) atoms. The molecular weight excluding hydrogens is 236 g/mol. The lowest BCUT2D eigenvalue weighted by Gasteiger charge is -2.19. The molecule has 2 rings (SSSR count). The van der Waals surface area contributed by atoms with Crippen LogP contribution in [0.4, 0.5) is 0 Å². The molecule has 0 spiro atoms. The highest BCUT2D eigenvalue weighted by Crippen LogP contribution is 2.31. The predicted molar refractivity (Wildman–Crippen MR) is 76.6 cm³/mol. The summed E-state index contributed by atoms with van der Waals surface area (Å²) < 4.78 is 0. The second-order valence-electron chi connectivity index (χ2n) is 4.58. The third kappa shape index (κ3) is 3.10. The van der Waals surface area contributed by atoms with E-state index in [1.807, 2.05) is 11.8 Å². The second kappa shape index (κ2) is 6.20. The molecule has 0 aromatic rings. The summed E-state index contributed by atoms with van der Waals surface area (Å²) in [5.41, 5.74) is 0. The van der Waals surface area contributed by atoms with Crippen LogP contribution < -0.4 is 5.32 Å². The smallest absolute Gasteiger partial charge is 0.157 e. The molecule has 0 bridgehead atoms. The van der Waals surface area contributed by atoms with Crippen LogP contribution in [0.25, 0.3) is 0 Å². The maximum absolute atomic E-state index is 4.66. The summed E-state index contributed by atoms with van der Waals surface area (Å²) in [6.45, 7) is 5.63. The van der Waals surface area contributed by atoms with E-state index >= 15 is 0 Å². The van der Waals surface area contributed by atoms with E-state index in [2.05, 4.69) is 35.9 Å². The van der Waals surface area contributed by atoms with Crippen LogP contribution in [0.5, 0.6) is 0 Å². The van der Waals surface area contributed by atoms with Gasteiger partial charge < -0.3 is 5.32 Å². The van der Waals surface area contributed by atoms with Gasteiger partial charge in [0, 0.05) is 17.0 Å². The van der Waals surface area contributed by atoms with E-state index in [1.54, 1.807) is 0 Å². The fourth-order valence-electron chi connectivity index (χ4n) is 2.35. The van der Waals surface area contributed by atoms with Crippen LogP contribution in [0, 0.1) is 5.92 Å². The van der Waals surface area contributed by atoms with Gasteiger partial charge in [-0.2, -0.15) is 11.8 Å². The van der Waals surface area contributed by atoms with Gasteiger partial charge in [-0.15, -0.1) is 0 Å². The van der Waals surface area contributed by atoms with E-state index in [9.17, 15) is 0 Å². The van der Waals surface area contributed by atoms with Crippen molar-refractivity contribution in [1.29, 1.82) is 0 Å². The summed E-state index contributed by atoms with van der Waals surface area (Å²) in [7, 11) is 0. The lowest BCUT2D eigenvalue weighted by molar-refractivity contribution is 0.479. The zero-order chi connectivity index (χ0) is 11.4. The molecule has 92 valence electrons. The molecular formula is C12H22N2S2. The molecule has 4 heteroatoms. The van der Waals surface area contributed by atoms with Gasteiger partial charge in [-0.1, -0.05) is 38.5 Å². The van der Waals surface area contributed by atoms with Crippen molar-refractivity contribution < 1.29 is 0 Å². The predicted octanol–water partition coefficient (Wildman–Crippen LogP) is 2.99. The van der Waals surface area contributed by atoms with Crippen molar-refractivity contribution in [1.82, 2.24) is 5.32 Å². The first-order valence-corrected chi connectivity index (χ1v) is 8.42. The van der Waals surface area contributed by atoms with Crippen molar-refractivity contribution in [3.05, 3.63) is 0 Å². The Labute approximate surface area is 107 Å². The van der Waals surface area contributed by atoms with Crippen LogP contribution in [0.15, 0.2) is 4.99 Å². The lowest BCUT2D eigenvalue weighted by Crippen LogP contribution is -2.32. The Kier molecular flexibility index (Phi) is 4.89. The number of thioether (sulfide) groups is 2. The van der Waals surface area contributed by atoms with Crippen molar-refractivity contribution in [2.45, 2.75) is 44.4 Å². The third-order valence-corrected chi connectivity index (χ3v) is 5.98. The number of hydrogen-bond acceptors (Lipinski definition) is 4. The Morgan fingerprint density at radius 1 is 1.44 bits per heavy atom. The molecule has 1 N–H and O–H groups in total. The molecule has 2 aliphatic rings. The van der Waals surface area contributed by atoms with Gasteiger partial charge in [0.05, 0.1) is 6.54 Å². The van der Waals surface area contributed by atoms with E-state index in [1.165, 1.54) is 35.9 Å². The maximum atomic E-state index is 4.66. The topological polar surface area (TPSA) is 24.4 Å². The van der Waals surface area contributed by atoms with Crippen molar-refractivity contribution in [2.24, 2.45) is 10.9 Å². The highest BCUT2D eigenvalue weighted by Gasteiger charge is 2.27. The van der Waals surface area contributed by atoms with Crippen molar-refractivity contribution >= 4 is 28.7 Å². The monoisotopic (exact) mass is 258 g/mol. The summed E-state index contributed by atoms with van der Waals surface area (Å²) in [5.74, 6) is 3.41. The molecule has 0 aromatic heterocycles. The highest BCUT2D eigenvalue weighted by atomic mass is 32.2. The average Bonchev–Trinajstić information content (AvgIpc) is 2.93. The molecule has 2 unspecified atom stereocenters. The molecule has 1 saturated heterocycles. The third-order valence-electron chi connectivity index (χ3n) is 3.51. The fraction of sp³-hybridized carbons (Fsp3) is 0.917. The lowest BCUT2D eigenvalue weighted by atomic mass is 9.99. The summed E-state index contributed by atoms with van der Waals surface area (Å²) in [6.07, 6.45) is 3.88. The summed E-state index contributed by atoms with van der Waals surface area (Å²) in [5, 5.41) is 5.54. The minimum atomic E-state index is 0.678. The molecule has 1 fully saturated rings. The van der Waals surface area contributed by atoms with Gasteiger partial charge in [0.1, 0.15) is 0 Å². The number of nitrogens with zero attached hydrogens (tertiary/aromatic N) is 1. The first-order chi connectivity index (χ1) is 7.83. The number of amidine groups is 1. The SMILES string of the molecule is CCC(CC)C1CN=C(NC2CCSC2)S1. The van der Waals surface area contributed by atoms with Crippen LogP contribution in [-0.2, 0) is 0 Å². The molecule has 2 atom stereocenters. The van der Waals surface area contributed by atoms with Crippen molar-refractivity contribution in [2.75, 3.05) is 18.1 Å². The van der Waals surface area contributed by atoms with Crippen LogP contribution in [0.1, 0.15) is 33.1 Å². The van der Waals surface area contributed by atoms with E-state index in [0.717, 1.165) is 17.7 Å². The largest absolute Gasteiger partial charge is 0.361 e. The molecule has 2 aliphatic heterocycles. The number of rotatable bonds is 4. The molecule has 0 radical (unpaired) electrons. The molecule has 2 heterocycles. The Morgan fingerprint density at radius 3 is 2.88 bits per heavy atom. The van der Waals surface area contributed by atoms with Crippen LogP contribution in [0.2, 0.25) is 0 Å². The fourth-order valence-corrected chi connectivity index (χ4v) is 4.90. The first-order valence-electron chi connectivity index (χ1n) is 6.38. The van der Waals surface area contributed by atoms with Gasteiger partial charge in [-0.05, 0) is 18.1 Å². The Hall–Kier alpha value is 0.170. The molecule has 0 amide bonds. The maximum Gasteiger partial charge on any atom is 0.157 e. The standard InChI is InChI=1S/C12H22N2S2/c1-3-9(4-2)11-7-13-12(16-11)14-10-5-6-15-8-10/h9-11H,3-8H2,1-2H3,(H,13,14). The Balaban J connectivity index is 1.77. The minimum Gasteiger partial charge on any atom is -0.361 e. The van der Waals surface area contributed by atoms with Crippen LogP contribution >= 0.6 is 23.5 Å². The van der Waals surface area contributed by atoms with Gasteiger partial charge in [0.2, 0.25) is 0 Å². The van der Waals surface area contributed by atoms with Crippen molar-refractivity contribution in [3.8, 4) is 0 Å². The van der Waals surface area contributed by atoms with Crippen molar-refractivity contribution in [3.63, 3.8) is 0 Å². The zero-order valence-corrected chi connectivity index (χ0v) is 11.9. The Bertz CT molecular complexity index is 245. The molecule has 2 nitrogen and oxygen atoms in total. The normalized spacial score (nSPS) is 29.8. The summed E-state index contributed by atoms with van der Waals surface area (Å²) in [6, 6.07) is 0.678. The minimum absolute atomic E-state index is 0.678. The van der Waals surface area contributed by atoms with E-state index < -0.39 is 0 Å². The van der Waals surface area contributed by atoms with Crippen LogP contribution in [0.3, 0.4) is 0 Å². The van der Waals surface area contributed by atoms with Gasteiger partial charge in [-0.3, -0.25) is 4.99 Å². The van der Waals surface area contributed by atoms with E-state index in [4.69, 9.17) is 0 Å². The zero-order valence-electron chi connectivity index (χ0n) is 10.2.